The molecule has 122 valence electrons. The van der Waals surface area contributed by atoms with Crippen molar-refractivity contribution in [1.29, 1.82) is 0 Å². The van der Waals surface area contributed by atoms with Crippen LogP contribution in [0.3, 0.4) is 0 Å². The third-order valence-electron chi connectivity index (χ3n) is 2.36. The molecule has 22 heavy (non-hydrogen) atoms. The molecule has 0 aliphatic rings. The first-order valence-corrected chi connectivity index (χ1v) is 6.53. The van der Waals surface area contributed by atoms with E-state index in [0.29, 0.717) is 0 Å². The van der Waals surface area contributed by atoms with Crippen molar-refractivity contribution in [2.75, 3.05) is 5.32 Å². The van der Waals surface area contributed by atoms with Crippen LogP contribution in [0.15, 0.2) is 18.3 Å². The van der Waals surface area contributed by atoms with Gasteiger partial charge in [0.25, 0.3) is 0 Å². The number of pyridine rings is 1. The largest absolute Gasteiger partial charge is 0.444 e. The van der Waals surface area contributed by atoms with E-state index in [-0.39, 0.29) is 11.4 Å². The van der Waals surface area contributed by atoms with Gasteiger partial charge in [-0.2, -0.15) is 13.2 Å². The highest BCUT2D eigenvalue weighted by Crippen LogP contribution is 2.24. The maximum atomic E-state index is 12.2. The Bertz CT molecular complexity index is 551. The van der Waals surface area contributed by atoms with Crippen LogP contribution in [-0.2, 0) is 4.74 Å². The lowest BCUT2D eigenvalue weighted by Gasteiger charge is -2.20. The first-order chi connectivity index (χ1) is 9.98. The van der Waals surface area contributed by atoms with E-state index in [1.807, 2.05) is 0 Å². The van der Waals surface area contributed by atoms with Gasteiger partial charge in [-0.05, 0) is 32.9 Å². The van der Waals surface area contributed by atoms with Crippen LogP contribution in [0.2, 0.25) is 0 Å². The Kier molecular flexibility index (Phi) is 5.51. The minimum absolute atomic E-state index is 0.0855. The van der Waals surface area contributed by atoms with Gasteiger partial charge in [0, 0.05) is 12.6 Å². The van der Waals surface area contributed by atoms with Gasteiger partial charge in [0.15, 0.2) is 5.78 Å². The highest BCUT2D eigenvalue weighted by molar-refractivity contribution is 6.02. The van der Waals surface area contributed by atoms with Crippen LogP contribution in [0.25, 0.3) is 0 Å². The Morgan fingerprint density at radius 1 is 1.27 bits per heavy atom. The molecule has 5 nitrogen and oxygen atoms in total. The Balaban J connectivity index is 2.81. The number of nitrogens with zero attached hydrogens (tertiary/aromatic N) is 1. The highest BCUT2D eigenvalue weighted by Gasteiger charge is 2.29. The van der Waals surface area contributed by atoms with Crippen molar-refractivity contribution in [2.45, 2.75) is 45.4 Å². The van der Waals surface area contributed by atoms with Crippen molar-refractivity contribution in [3.05, 3.63) is 23.9 Å². The minimum atomic E-state index is -4.42. The van der Waals surface area contributed by atoms with Crippen molar-refractivity contribution in [3.63, 3.8) is 0 Å². The first kappa shape index (κ1) is 17.9. The van der Waals surface area contributed by atoms with E-state index in [1.54, 1.807) is 20.8 Å². The second-order valence-electron chi connectivity index (χ2n) is 5.56. The van der Waals surface area contributed by atoms with Gasteiger partial charge in [-0.3, -0.25) is 10.1 Å². The van der Waals surface area contributed by atoms with E-state index in [2.05, 4.69) is 10.3 Å². The lowest BCUT2D eigenvalue weighted by atomic mass is 10.1. The molecule has 1 heterocycles. The fourth-order valence-electron chi connectivity index (χ4n) is 1.52. The predicted octanol–water partition coefficient (Wildman–Crippen LogP) is 3.95. The standard InChI is InChI=1S/C14H17F3N2O3/c1-13(2,3)22-12(21)19-11-9(5-4-8-18-11)10(20)6-7-14(15,16)17/h4-5,8H,6-7H2,1-3H3,(H,18,19,21). The number of aromatic nitrogens is 1. The van der Waals surface area contributed by atoms with Crippen molar-refractivity contribution in [2.24, 2.45) is 0 Å². The number of carbonyl (C=O) groups excluding carboxylic acids is 2. The Morgan fingerprint density at radius 3 is 2.45 bits per heavy atom. The average Bonchev–Trinajstić information content (AvgIpc) is 2.33. The van der Waals surface area contributed by atoms with Gasteiger partial charge in [-0.15, -0.1) is 0 Å². The summed E-state index contributed by atoms with van der Waals surface area (Å²) in [4.78, 5) is 27.3. The number of ether oxygens (including phenoxy) is 1. The van der Waals surface area contributed by atoms with Crippen LogP contribution < -0.4 is 5.32 Å². The molecule has 1 aromatic rings. The number of carbonyl (C=O) groups is 2. The number of Topliss-reactive ketones (excluding diaryl/α,β-unsaturated/α-hetero) is 1. The first-order valence-electron chi connectivity index (χ1n) is 6.53. The van der Waals surface area contributed by atoms with E-state index in [9.17, 15) is 22.8 Å². The Morgan fingerprint density at radius 2 is 1.91 bits per heavy atom. The molecule has 0 saturated carbocycles. The van der Waals surface area contributed by atoms with Crippen LogP contribution in [0.5, 0.6) is 0 Å². The molecule has 1 amide bonds. The van der Waals surface area contributed by atoms with Gasteiger partial charge < -0.3 is 4.74 Å². The summed E-state index contributed by atoms with van der Waals surface area (Å²) in [6, 6.07) is 2.71. The molecular formula is C14H17F3N2O3. The molecule has 0 atom stereocenters. The zero-order valence-electron chi connectivity index (χ0n) is 12.5. The Labute approximate surface area is 125 Å². The van der Waals surface area contributed by atoms with Crippen LogP contribution in [0, 0.1) is 0 Å². The van der Waals surface area contributed by atoms with Crippen LogP contribution in [-0.4, -0.2) is 28.6 Å². The van der Waals surface area contributed by atoms with Crippen LogP contribution in [0.1, 0.15) is 44.0 Å². The van der Waals surface area contributed by atoms with Crippen molar-refractivity contribution >= 4 is 17.7 Å². The lowest BCUT2D eigenvalue weighted by Crippen LogP contribution is -2.28. The smallest absolute Gasteiger partial charge is 0.413 e. The van der Waals surface area contributed by atoms with Gasteiger partial charge in [0.2, 0.25) is 0 Å². The summed E-state index contributed by atoms with van der Waals surface area (Å²) in [5, 5.41) is 2.27. The summed E-state index contributed by atoms with van der Waals surface area (Å²) in [6.07, 6.45) is -5.88. The number of rotatable bonds is 4. The molecule has 0 saturated heterocycles. The molecule has 8 heteroatoms. The maximum absolute atomic E-state index is 12.2. The van der Waals surface area contributed by atoms with Crippen molar-refractivity contribution < 1.29 is 27.5 Å². The molecule has 0 aromatic carbocycles. The van der Waals surface area contributed by atoms with E-state index in [1.165, 1.54) is 18.3 Å². The van der Waals surface area contributed by atoms with Gasteiger partial charge in [-0.25, -0.2) is 9.78 Å². The molecule has 0 bridgehead atoms. The number of ketones is 1. The molecule has 0 aliphatic carbocycles. The number of anilines is 1. The molecule has 1 N–H and O–H groups in total. The number of hydrogen-bond donors (Lipinski definition) is 1. The van der Waals surface area contributed by atoms with Gasteiger partial charge in [0.1, 0.15) is 11.4 Å². The molecule has 0 fully saturated rings. The predicted molar refractivity (Wildman–Crippen MR) is 73.7 cm³/mol. The molecule has 1 aromatic heterocycles. The fraction of sp³-hybridized carbons (Fsp3) is 0.500. The third-order valence-corrected chi connectivity index (χ3v) is 2.36. The number of alkyl halides is 3. The SMILES string of the molecule is CC(C)(C)OC(=O)Nc1ncccc1C(=O)CCC(F)(F)F. The lowest BCUT2D eigenvalue weighted by molar-refractivity contribution is -0.133. The molecule has 0 unspecified atom stereocenters. The fourth-order valence-corrected chi connectivity index (χ4v) is 1.52. The average molecular weight is 318 g/mol. The summed E-state index contributed by atoms with van der Waals surface area (Å²) in [5.74, 6) is -0.875. The molecule has 1 rings (SSSR count). The Hall–Kier alpha value is -2.12. The van der Waals surface area contributed by atoms with Gasteiger partial charge >= 0.3 is 12.3 Å². The molecule has 0 radical (unpaired) electrons. The van der Waals surface area contributed by atoms with E-state index in [0.717, 1.165) is 0 Å². The van der Waals surface area contributed by atoms with Gasteiger partial charge in [-0.1, -0.05) is 0 Å². The third kappa shape index (κ3) is 6.55. The number of halogens is 3. The zero-order valence-corrected chi connectivity index (χ0v) is 12.5. The summed E-state index contributed by atoms with van der Waals surface area (Å²) < 4.78 is 41.5. The topological polar surface area (TPSA) is 68.3 Å². The van der Waals surface area contributed by atoms with Crippen molar-refractivity contribution in [3.8, 4) is 0 Å². The number of nitrogens with one attached hydrogen (secondary N) is 1. The summed E-state index contributed by atoms with van der Waals surface area (Å²) in [6.45, 7) is 4.96. The van der Waals surface area contributed by atoms with E-state index in [4.69, 9.17) is 4.74 Å². The monoisotopic (exact) mass is 318 g/mol. The number of amides is 1. The second kappa shape index (κ2) is 6.76. The molecule has 0 aliphatic heterocycles. The van der Waals surface area contributed by atoms with E-state index >= 15 is 0 Å². The maximum Gasteiger partial charge on any atom is 0.413 e. The van der Waals surface area contributed by atoms with Crippen LogP contribution in [0.4, 0.5) is 23.8 Å². The quantitative estimate of drug-likeness (QED) is 0.853. The van der Waals surface area contributed by atoms with E-state index < -0.39 is 36.5 Å². The molecular weight excluding hydrogens is 301 g/mol. The summed E-state index contributed by atoms with van der Waals surface area (Å²) in [7, 11) is 0. The number of hydrogen-bond acceptors (Lipinski definition) is 4. The highest BCUT2D eigenvalue weighted by atomic mass is 19.4. The van der Waals surface area contributed by atoms with Crippen molar-refractivity contribution in [1.82, 2.24) is 4.98 Å². The van der Waals surface area contributed by atoms with Gasteiger partial charge in [0.05, 0.1) is 12.0 Å². The normalized spacial score (nSPS) is 11.9. The summed E-state index contributed by atoms with van der Waals surface area (Å²) in [5.41, 5.74) is -0.836. The molecule has 0 spiro atoms. The zero-order chi connectivity index (χ0) is 17.0. The second-order valence-corrected chi connectivity index (χ2v) is 5.56. The minimum Gasteiger partial charge on any atom is -0.444 e. The summed E-state index contributed by atoms with van der Waals surface area (Å²) >= 11 is 0. The van der Waals surface area contributed by atoms with Crippen LogP contribution >= 0.6 is 0 Å².